The summed E-state index contributed by atoms with van der Waals surface area (Å²) in [6, 6.07) is 10.6. The second kappa shape index (κ2) is 6.56. The zero-order chi connectivity index (χ0) is 21.9. The summed E-state index contributed by atoms with van der Waals surface area (Å²) in [6.45, 7) is 1.78. The number of hydrogen-bond donors (Lipinski definition) is 3. The highest BCUT2D eigenvalue weighted by Gasteiger charge is 2.54. The van der Waals surface area contributed by atoms with Crippen molar-refractivity contribution in [2.75, 3.05) is 12.4 Å². The molecule has 3 N–H and O–H groups in total. The molecule has 0 radical (unpaired) electrons. The Hall–Kier alpha value is -3.88. The standard InChI is InChI=1S/C22H21N5O4/c1-12-4-3-5-16-18(12)24-21(31)27(16)11-17(28)23-15-7-6-13-9-22(10-14(13)8-15)19(29)25-20(30)26(22)2/h3-8H,9-11H2,1-2H3,(H,23,28)(H,24,31)(H,25,29,30)/t22-/m1/s1. The molecule has 1 spiro atoms. The number of hydrogen-bond acceptors (Lipinski definition) is 4. The van der Waals surface area contributed by atoms with Crippen molar-refractivity contribution < 1.29 is 14.4 Å². The third-order valence-electron chi connectivity index (χ3n) is 6.37. The molecule has 2 aromatic carbocycles. The van der Waals surface area contributed by atoms with E-state index in [9.17, 15) is 19.2 Å². The van der Waals surface area contributed by atoms with Crippen molar-refractivity contribution in [3.05, 3.63) is 63.6 Å². The van der Waals surface area contributed by atoms with E-state index in [4.69, 9.17) is 0 Å². The van der Waals surface area contributed by atoms with Crippen LogP contribution in [-0.4, -0.2) is 44.9 Å². The smallest absolute Gasteiger partial charge is 0.325 e. The van der Waals surface area contributed by atoms with E-state index in [0.717, 1.165) is 22.2 Å². The van der Waals surface area contributed by atoms with Crippen LogP contribution in [-0.2, 0) is 29.0 Å². The van der Waals surface area contributed by atoms with Crippen LogP contribution in [0.15, 0.2) is 41.2 Å². The zero-order valence-electron chi connectivity index (χ0n) is 17.1. The molecule has 9 nitrogen and oxygen atoms in total. The van der Waals surface area contributed by atoms with Crippen molar-refractivity contribution >= 4 is 34.6 Å². The molecule has 0 unspecified atom stereocenters. The number of nitrogens with one attached hydrogen (secondary N) is 3. The Morgan fingerprint density at radius 2 is 1.90 bits per heavy atom. The van der Waals surface area contributed by atoms with Crippen LogP contribution in [0, 0.1) is 6.92 Å². The molecule has 2 heterocycles. The molecule has 2 aliphatic rings. The van der Waals surface area contributed by atoms with Crippen LogP contribution in [0.25, 0.3) is 11.0 Å². The van der Waals surface area contributed by atoms with Gasteiger partial charge >= 0.3 is 11.7 Å². The van der Waals surface area contributed by atoms with Crippen LogP contribution >= 0.6 is 0 Å². The molecular weight excluding hydrogens is 398 g/mol. The summed E-state index contributed by atoms with van der Waals surface area (Å²) in [4.78, 5) is 53.6. The number of para-hydroxylation sites is 1. The maximum atomic E-state index is 12.7. The predicted molar refractivity (Wildman–Crippen MR) is 114 cm³/mol. The summed E-state index contributed by atoms with van der Waals surface area (Å²) in [5.41, 5.74) is 3.55. The first-order valence-electron chi connectivity index (χ1n) is 9.97. The van der Waals surface area contributed by atoms with Gasteiger partial charge in [0.2, 0.25) is 5.91 Å². The van der Waals surface area contributed by atoms with E-state index < -0.39 is 11.6 Å². The summed E-state index contributed by atoms with van der Waals surface area (Å²) in [5.74, 6) is -0.626. The van der Waals surface area contributed by atoms with E-state index in [1.165, 1.54) is 9.47 Å². The Labute approximate surface area is 177 Å². The lowest BCUT2D eigenvalue weighted by Gasteiger charge is -2.27. The van der Waals surface area contributed by atoms with Gasteiger partial charge < -0.3 is 15.2 Å². The van der Waals surface area contributed by atoms with Crippen LogP contribution in [0.4, 0.5) is 10.5 Å². The van der Waals surface area contributed by atoms with Crippen LogP contribution in [0.2, 0.25) is 0 Å². The molecule has 1 aliphatic carbocycles. The topological polar surface area (TPSA) is 116 Å². The van der Waals surface area contributed by atoms with Gasteiger partial charge in [-0.15, -0.1) is 0 Å². The van der Waals surface area contributed by atoms with E-state index in [2.05, 4.69) is 15.6 Å². The Balaban J connectivity index is 1.36. The fraction of sp³-hybridized carbons (Fsp3) is 0.273. The molecule has 1 saturated heterocycles. The van der Waals surface area contributed by atoms with Gasteiger partial charge in [0, 0.05) is 25.6 Å². The molecule has 1 atom stereocenters. The van der Waals surface area contributed by atoms with E-state index in [1.54, 1.807) is 19.2 Å². The Morgan fingerprint density at radius 1 is 1.13 bits per heavy atom. The SMILES string of the molecule is Cc1cccc2c1[nH]c(=O)n2CC(=O)Nc1ccc2c(c1)C[C@]1(C2)C(=O)NC(=O)N1C. The first-order chi connectivity index (χ1) is 14.8. The van der Waals surface area contributed by atoms with Crippen molar-refractivity contribution in [3.8, 4) is 0 Å². The summed E-state index contributed by atoms with van der Waals surface area (Å²) in [5, 5.41) is 5.21. The monoisotopic (exact) mass is 419 g/mol. The van der Waals surface area contributed by atoms with Crippen LogP contribution in [0.1, 0.15) is 16.7 Å². The van der Waals surface area contributed by atoms with Gasteiger partial charge in [-0.3, -0.25) is 19.5 Å². The van der Waals surface area contributed by atoms with Crippen molar-refractivity contribution in [1.82, 2.24) is 19.8 Å². The number of likely N-dealkylation sites (N-methyl/N-ethyl adjacent to an activating group) is 1. The molecule has 0 bridgehead atoms. The van der Waals surface area contributed by atoms with Crippen LogP contribution < -0.4 is 16.3 Å². The van der Waals surface area contributed by atoms with Gasteiger partial charge in [-0.25, -0.2) is 9.59 Å². The number of aryl methyl sites for hydroxylation is 1. The lowest BCUT2D eigenvalue weighted by Crippen LogP contribution is -2.48. The molecule has 31 heavy (non-hydrogen) atoms. The number of nitrogens with zero attached hydrogens (tertiary/aromatic N) is 2. The van der Waals surface area contributed by atoms with Crippen LogP contribution in [0.5, 0.6) is 0 Å². The van der Waals surface area contributed by atoms with Gasteiger partial charge in [0.15, 0.2) is 0 Å². The highest BCUT2D eigenvalue weighted by molar-refractivity contribution is 6.07. The van der Waals surface area contributed by atoms with Gasteiger partial charge in [-0.05, 0) is 41.8 Å². The first-order valence-corrected chi connectivity index (χ1v) is 9.97. The maximum Gasteiger partial charge on any atom is 0.326 e. The van der Waals surface area contributed by atoms with Gasteiger partial charge in [0.1, 0.15) is 12.1 Å². The second-order valence-electron chi connectivity index (χ2n) is 8.22. The summed E-state index contributed by atoms with van der Waals surface area (Å²) >= 11 is 0. The Morgan fingerprint density at radius 3 is 2.65 bits per heavy atom. The number of H-pyrrole nitrogens is 1. The first kappa shape index (κ1) is 19.1. The average Bonchev–Trinajstić information content (AvgIpc) is 3.32. The quantitative estimate of drug-likeness (QED) is 0.555. The van der Waals surface area contributed by atoms with Crippen molar-refractivity contribution in [2.45, 2.75) is 31.8 Å². The van der Waals surface area contributed by atoms with Crippen LogP contribution in [0.3, 0.4) is 0 Å². The van der Waals surface area contributed by atoms with Gasteiger partial charge in [0.25, 0.3) is 5.91 Å². The average molecular weight is 419 g/mol. The predicted octanol–water partition coefficient (Wildman–Crippen LogP) is 1.30. The van der Waals surface area contributed by atoms with Crippen molar-refractivity contribution in [1.29, 1.82) is 0 Å². The molecule has 1 aromatic heterocycles. The lowest BCUT2D eigenvalue weighted by atomic mass is 9.95. The number of imidazole rings is 1. The number of rotatable bonds is 3. The van der Waals surface area contributed by atoms with E-state index in [0.29, 0.717) is 24.0 Å². The summed E-state index contributed by atoms with van der Waals surface area (Å²) < 4.78 is 1.41. The van der Waals surface area contributed by atoms with Gasteiger partial charge in [-0.2, -0.15) is 0 Å². The largest absolute Gasteiger partial charge is 0.326 e. The highest BCUT2D eigenvalue weighted by atomic mass is 16.2. The molecule has 9 heteroatoms. The lowest BCUT2D eigenvalue weighted by molar-refractivity contribution is -0.125. The molecule has 5 rings (SSSR count). The number of benzene rings is 2. The molecular formula is C22H21N5O4. The molecule has 3 aromatic rings. The van der Waals surface area contributed by atoms with E-state index >= 15 is 0 Å². The zero-order valence-corrected chi connectivity index (χ0v) is 17.1. The number of fused-ring (bicyclic) bond motifs is 2. The third kappa shape index (κ3) is 2.84. The molecule has 1 fully saturated rings. The number of aromatic amines is 1. The van der Waals surface area contributed by atoms with E-state index in [-0.39, 0.29) is 24.0 Å². The third-order valence-corrected chi connectivity index (χ3v) is 6.37. The van der Waals surface area contributed by atoms with Crippen molar-refractivity contribution in [3.63, 3.8) is 0 Å². The Bertz CT molecular complexity index is 1340. The van der Waals surface area contributed by atoms with Gasteiger partial charge in [-0.1, -0.05) is 18.2 Å². The minimum Gasteiger partial charge on any atom is -0.325 e. The number of carbonyl (C=O) groups excluding carboxylic acids is 3. The normalized spacial score (nSPS) is 19.9. The number of imide groups is 1. The minimum atomic E-state index is -0.905. The number of aromatic nitrogens is 2. The molecule has 1 aliphatic heterocycles. The van der Waals surface area contributed by atoms with Gasteiger partial charge in [0.05, 0.1) is 11.0 Å². The summed E-state index contributed by atoms with van der Waals surface area (Å²) in [6.07, 6.45) is 0.829. The number of amides is 4. The fourth-order valence-corrected chi connectivity index (χ4v) is 4.60. The second-order valence-corrected chi connectivity index (χ2v) is 8.22. The minimum absolute atomic E-state index is 0.122. The number of urea groups is 1. The number of carbonyl (C=O) groups is 3. The molecule has 0 saturated carbocycles. The maximum absolute atomic E-state index is 12.7. The Kier molecular flexibility index (Phi) is 4.04. The fourth-order valence-electron chi connectivity index (χ4n) is 4.60. The number of anilines is 1. The van der Waals surface area contributed by atoms with Crippen molar-refractivity contribution in [2.24, 2.45) is 0 Å². The van der Waals surface area contributed by atoms with E-state index in [1.807, 2.05) is 31.2 Å². The molecule has 4 amide bonds. The highest BCUT2D eigenvalue weighted by Crippen LogP contribution is 2.38. The summed E-state index contributed by atoms with van der Waals surface area (Å²) in [7, 11) is 1.62. The molecule has 158 valence electrons.